The molecule has 130 valence electrons. The number of aryl methyl sites for hydroxylation is 2. The van der Waals surface area contributed by atoms with E-state index in [9.17, 15) is 0 Å². The smallest absolute Gasteiger partial charge is 0.231 e. The molecule has 0 spiro atoms. The molecule has 3 heterocycles. The Morgan fingerprint density at radius 3 is 2.96 bits per heavy atom. The van der Waals surface area contributed by atoms with E-state index in [-0.39, 0.29) is 0 Å². The first kappa shape index (κ1) is 15.3. The van der Waals surface area contributed by atoms with Crippen LogP contribution in [0.25, 0.3) is 0 Å². The van der Waals surface area contributed by atoms with Gasteiger partial charge in [0.05, 0.1) is 0 Å². The number of ether oxygens (including phenoxy) is 2. The van der Waals surface area contributed by atoms with Crippen LogP contribution in [0.15, 0.2) is 24.3 Å². The molecule has 0 N–H and O–H groups in total. The Morgan fingerprint density at radius 1 is 1.16 bits per heavy atom. The fourth-order valence-electron chi connectivity index (χ4n) is 4.78. The number of fused-ring (bicyclic) bond motifs is 6. The fourth-order valence-corrected chi connectivity index (χ4v) is 4.78. The zero-order chi connectivity index (χ0) is 17.0. The van der Waals surface area contributed by atoms with E-state index >= 15 is 0 Å². The van der Waals surface area contributed by atoms with Crippen molar-refractivity contribution in [2.45, 2.75) is 52.1 Å². The minimum Gasteiger partial charge on any atom is -0.454 e. The lowest BCUT2D eigenvalue weighted by molar-refractivity contribution is 0.151. The van der Waals surface area contributed by atoms with Gasteiger partial charge in [0, 0.05) is 24.7 Å². The van der Waals surface area contributed by atoms with E-state index in [4.69, 9.17) is 9.47 Å². The maximum Gasteiger partial charge on any atom is 0.231 e. The number of hydrogen-bond donors (Lipinski definition) is 0. The Bertz CT molecular complexity index is 842. The van der Waals surface area contributed by atoms with Crippen molar-refractivity contribution in [1.29, 1.82) is 0 Å². The lowest BCUT2D eigenvalue weighted by Gasteiger charge is -2.42. The van der Waals surface area contributed by atoms with Gasteiger partial charge in [-0.1, -0.05) is 31.5 Å². The molecular weight excluding hydrogens is 310 g/mol. The molecule has 0 bridgehead atoms. The predicted octanol–water partition coefficient (Wildman–Crippen LogP) is 4.33. The molecule has 5 rings (SSSR count). The Balaban J connectivity index is 1.54. The monoisotopic (exact) mass is 335 g/mol. The third kappa shape index (κ3) is 2.36. The largest absolute Gasteiger partial charge is 0.454 e. The van der Waals surface area contributed by atoms with Crippen molar-refractivity contribution < 1.29 is 9.47 Å². The zero-order valence-corrected chi connectivity index (χ0v) is 15.1. The molecule has 3 aliphatic rings. The summed E-state index contributed by atoms with van der Waals surface area (Å²) in [6.45, 7) is 7.01. The van der Waals surface area contributed by atoms with Gasteiger partial charge in [0.25, 0.3) is 0 Å². The van der Waals surface area contributed by atoms with E-state index in [0.717, 1.165) is 37.4 Å². The topological polar surface area (TPSA) is 21.7 Å². The summed E-state index contributed by atoms with van der Waals surface area (Å²) in [6.07, 6.45) is 4.64. The van der Waals surface area contributed by atoms with Crippen LogP contribution in [0.4, 0.5) is 0 Å². The molecule has 2 aromatic carbocycles. The predicted molar refractivity (Wildman–Crippen MR) is 98.3 cm³/mol. The molecule has 1 atom stereocenters. The highest BCUT2D eigenvalue weighted by Gasteiger charge is 2.35. The van der Waals surface area contributed by atoms with Crippen molar-refractivity contribution in [1.82, 2.24) is 4.90 Å². The minimum atomic E-state index is 0.359. The maximum absolute atomic E-state index is 5.76. The molecule has 3 heteroatoms. The van der Waals surface area contributed by atoms with Gasteiger partial charge in [-0.3, -0.25) is 4.90 Å². The highest BCUT2D eigenvalue weighted by atomic mass is 16.7. The first-order valence-electron chi connectivity index (χ1n) is 9.51. The van der Waals surface area contributed by atoms with Gasteiger partial charge in [0.15, 0.2) is 11.5 Å². The number of benzene rings is 2. The van der Waals surface area contributed by atoms with Crippen molar-refractivity contribution in [3.05, 3.63) is 57.6 Å². The molecular formula is C22H25NO2. The summed E-state index contributed by atoms with van der Waals surface area (Å²) < 4.78 is 11.3. The van der Waals surface area contributed by atoms with Crippen molar-refractivity contribution in [2.75, 3.05) is 13.3 Å². The Kier molecular flexibility index (Phi) is 3.53. The van der Waals surface area contributed by atoms with E-state index in [0.29, 0.717) is 12.8 Å². The normalized spacial score (nSPS) is 20.8. The molecule has 0 saturated heterocycles. The van der Waals surface area contributed by atoms with Crippen molar-refractivity contribution in [3.8, 4) is 11.5 Å². The summed E-state index contributed by atoms with van der Waals surface area (Å²) in [6, 6.07) is 9.78. The molecule has 0 amide bonds. The van der Waals surface area contributed by atoms with Gasteiger partial charge in [0.2, 0.25) is 6.79 Å². The standard InChI is InChI=1S/C22H25NO2/c1-3-4-15-10-17-7-8-23-12-19-16(5-6-21-22(19)25-13-24-21)11-20(23)18(17)9-14(15)2/h5-6,9-10,20H,3-4,7-8,11-13H2,1-2H3/t20-/m0/s1. The summed E-state index contributed by atoms with van der Waals surface area (Å²) in [7, 11) is 0. The SMILES string of the molecule is CCCc1cc2c(cc1C)[C@@H]1Cc3ccc4c(c3CN1CC2)OCO4. The molecule has 3 nitrogen and oxygen atoms in total. The summed E-state index contributed by atoms with van der Waals surface area (Å²) >= 11 is 0. The lowest BCUT2D eigenvalue weighted by Crippen LogP contribution is -2.39. The van der Waals surface area contributed by atoms with Crippen LogP contribution in [-0.2, 0) is 25.8 Å². The number of nitrogens with zero attached hydrogens (tertiary/aromatic N) is 1. The number of rotatable bonds is 2. The van der Waals surface area contributed by atoms with Crippen LogP contribution in [0.5, 0.6) is 11.5 Å². The van der Waals surface area contributed by atoms with E-state index in [1.807, 2.05) is 0 Å². The Morgan fingerprint density at radius 2 is 2.08 bits per heavy atom. The van der Waals surface area contributed by atoms with Crippen LogP contribution in [0.2, 0.25) is 0 Å². The summed E-state index contributed by atoms with van der Waals surface area (Å²) in [5.41, 5.74) is 8.88. The zero-order valence-electron chi connectivity index (χ0n) is 15.1. The third-order valence-corrected chi connectivity index (χ3v) is 6.10. The van der Waals surface area contributed by atoms with Gasteiger partial charge >= 0.3 is 0 Å². The van der Waals surface area contributed by atoms with Gasteiger partial charge in [0.1, 0.15) is 0 Å². The average molecular weight is 335 g/mol. The molecule has 0 aliphatic carbocycles. The molecule has 0 saturated carbocycles. The van der Waals surface area contributed by atoms with E-state index < -0.39 is 0 Å². The minimum absolute atomic E-state index is 0.359. The first-order chi connectivity index (χ1) is 12.2. The summed E-state index contributed by atoms with van der Waals surface area (Å²) in [4.78, 5) is 2.63. The van der Waals surface area contributed by atoms with Crippen LogP contribution >= 0.6 is 0 Å². The average Bonchev–Trinajstić information content (AvgIpc) is 3.10. The van der Waals surface area contributed by atoms with Gasteiger partial charge in [-0.15, -0.1) is 0 Å². The van der Waals surface area contributed by atoms with E-state index in [1.54, 1.807) is 11.1 Å². The van der Waals surface area contributed by atoms with Gasteiger partial charge in [-0.2, -0.15) is 0 Å². The fraction of sp³-hybridized carbons (Fsp3) is 0.455. The van der Waals surface area contributed by atoms with Gasteiger partial charge < -0.3 is 9.47 Å². The molecule has 0 fully saturated rings. The van der Waals surface area contributed by atoms with Gasteiger partial charge in [-0.05, 0) is 60.1 Å². The van der Waals surface area contributed by atoms with Crippen molar-refractivity contribution in [2.24, 2.45) is 0 Å². The molecule has 0 unspecified atom stereocenters. The summed E-state index contributed by atoms with van der Waals surface area (Å²) in [5, 5.41) is 0. The maximum atomic E-state index is 5.76. The molecule has 2 aromatic rings. The first-order valence-corrected chi connectivity index (χ1v) is 9.51. The Hall–Kier alpha value is -2.00. The highest BCUT2D eigenvalue weighted by Crippen LogP contribution is 2.45. The van der Waals surface area contributed by atoms with Crippen LogP contribution < -0.4 is 9.47 Å². The van der Waals surface area contributed by atoms with Crippen LogP contribution in [-0.4, -0.2) is 18.2 Å². The van der Waals surface area contributed by atoms with Crippen molar-refractivity contribution >= 4 is 0 Å². The van der Waals surface area contributed by atoms with E-state index in [1.165, 1.54) is 35.1 Å². The summed E-state index contributed by atoms with van der Waals surface area (Å²) in [5.74, 6) is 1.89. The Labute approximate surface area is 149 Å². The van der Waals surface area contributed by atoms with Crippen molar-refractivity contribution in [3.63, 3.8) is 0 Å². The van der Waals surface area contributed by atoms with Crippen LogP contribution in [0, 0.1) is 6.92 Å². The molecule has 3 aliphatic heterocycles. The van der Waals surface area contributed by atoms with Crippen LogP contribution in [0.1, 0.15) is 52.8 Å². The molecule has 0 aromatic heterocycles. The molecule has 0 radical (unpaired) electrons. The highest BCUT2D eigenvalue weighted by molar-refractivity contribution is 5.54. The molecule has 25 heavy (non-hydrogen) atoms. The third-order valence-electron chi connectivity index (χ3n) is 6.10. The van der Waals surface area contributed by atoms with E-state index in [2.05, 4.69) is 43.0 Å². The quantitative estimate of drug-likeness (QED) is 0.815. The second-order valence-corrected chi connectivity index (χ2v) is 7.60. The second-order valence-electron chi connectivity index (χ2n) is 7.60. The lowest BCUT2D eigenvalue weighted by atomic mass is 9.82. The van der Waals surface area contributed by atoms with Gasteiger partial charge in [-0.25, -0.2) is 0 Å². The number of hydrogen-bond acceptors (Lipinski definition) is 3. The second kappa shape index (κ2) is 5.77. The van der Waals surface area contributed by atoms with Crippen LogP contribution in [0.3, 0.4) is 0 Å².